The van der Waals surface area contributed by atoms with Gasteiger partial charge < -0.3 is 10.4 Å². The second kappa shape index (κ2) is 7.20. The fourth-order valence-corrected chi connectivity index (χ4v) is 3.44. The second-order valence-electron chi connectivity index (χ2n) is 5.67. The number of hydrogen-bond donors (Lipinski definition) is 2. The van der Waals surface area contributed by atoms with Crippen LogP contribution in [0.3, 0.4) is 0 Å². The quantitative estimate of drug-likeness (QED) is 0.874. The zero-order valence-corrected chi connectivity index (χ0v) is 13.0. The Bertz CT molecular complexity index is 412. The van der Waals surface area contributed by atoms with Gasteiger partial charge in [0.25, 0.3) is 0 Å². The van der Waals surface area contributed by atoms with Gasteiger partial charge in [-0.25, -0.2) is 0 Å². The molecule has 0 aliphatic carbocycles. The molecule has 2 heterocycles. The Balaban J connectivity index is 2.00. The summed E-state index contributed by atoms with van der Waals surface area (Å²) in [7, 11) is 0. The minimum absolute atomic E-state index is 0.227. The number of carbonyl (C=O) groups is 1. The fourth-order valence-electron chi connectivity index (χ4n) is 2.58. The minimum Gasteiger partial charge on any atom is -0.384 e. The van der Waals surface area contributed by atoms with Crippen LogP contribution in [0.1, 0.15) is 37.6 Å². The van der Waals surface area contributed by atoms with E-state index < -0.39 is 6.10 Å². The average Bonchev–Trinajstić information content (AvgIpc) is 2.94. The summed E-state index contributed by atoms with van der Waals surface area (Å²) in [6.45, 7) is 6.52. The SMILES string of the molecule is CC1CCN(C(CNC(=O)C(C)O)c2cccs2)CC1. The van der Waals surface area contributed by atoms with Crippen LogP contribution in [-0.4, -0.2) is 41.7 Å². The summed E-state index contributed by atoms with van der Waals surface area (Å²) in [5, 5.41) is 14.2. The van der Waals surface area contributed by atoms with Crippen LogP contribution >= 0.6 is 11.3 Å². The summed E-state index contributed by atoms with van der Waals surface area (Å²) in [5.74, 6) is 0.499. The Hall–Kier alpha value is -0.910. The van der Waals surface area contributed by atoms with Crippen LogP contribution in [0.25, 0.3) is 0 Å². The lowest BCUT2D eigenvalue weighted by Gasteiger charge is -2.36. The van der Waals surface area contributed by atoms with Crippen LogP contribution in [0.5, 0.6) is 0 Å². The van der Waals surface area contributed by atoms with Gasteiger partial charge in [-0.2, -0.15) is 0 Å². The highest BCUT2D eigenvalue weighted by Gasteiger charge is 2.26. The first-order valence-corrected chi connectivity index (χ1v) is 8.19. The van der Waals surface area contributed by atoms with Gasteiger partial charge in [0, 0.05) is 11.4 Å². The number of hydrogen-bond acceptors (Lipinski definition) is 4. The van der Waals surface area contributed by atoms with Crippen molar-refractivity contribution in [3.8, 4) is 0 Å². The summed E-state index contributed by atoms with van der Waals surface area (Å²) >= 11 is 1.73. The Kier molecular flexibility index (Phi) is 5.57. The maximum absolute atomic E-state index is 11.6. The van der Waals surface area contributed by atoms with E-state index >= 15 is 0 Å². The minimum atomic E-state index is -0.944. The summed E-state index contributed by atoms with van der Waals surface area (Å²) in [6.07, 6.45) is 1.48. The van der Waals surface area contributed by atoms with Gasteiger partial charge in [-0.15, -0.1) is 11.3 Å². The number of piperidine rings is 1. The van der Waals surface area contributed by atoms with Crippen molar-refractivity contribution in [1.29, 1.82) is 0 Å². The third-order valence-corrected chi connectivity index (χ3v) is 4.95. The molecule has 1 amide bonds. The molecule has 2 N–H and O–H groups in total. The largest absolute Gasteiger partial charge is 0.384 e. The highest BCUT2D eigenvalue weighted by atomic mass is 32.1. The van der Waals surface area contributed by atoms with Crippen molar-refractivity contribution >= 4 is 17.2 Å². The first-order valence-electron chi connectivity index (χ1n) is 7.31. The maximum atomic E-state index is 11.6. The highest BCUT2D eigenvalue weighted by molar-refractivity contribution is 7.10. The Morgan fingerprint density at radius 3 is 2.80 bits per heavy atom. The molecule has 1 fully saturated rings. The number of nitrogens with one attached hydrogen (secondary N) is 1. The smallest absolute Gasteiger partial charge is 0.248 e. The molecule has 0 radical (unpaired) electrons. The van der Waals surface area contributed by atoms with Crippen molar-refractivity contribution < 1.29 is 9.90 Å². The van der Waals surface area contributed by atoms with Crippen LogP contribution in [-0.2, 0) is 4.79 Å². The molecule has 2 rings (SSSR count). The fraction of sp³-hybridized carbons (Fsp3) is 0.667. The lowest BCUT2D eigenvalue weighted by atomic mass is 9.97. The molecule has 2 unspecified atom stereocenters. The average molecular weight is 296 g/mol. The van der Waals surface area contributed by atoms with Crippen molar-refractivity contribution in [2.75, 3.05) is 19.6 Å². The normalized spacial score (nSPS) is 20.6. The molecular weight excluding hydrogens is 272 g/mol. The van der Waals surface area contributed by atoms with E-state index in [1.54, 1.807) is 11.3 Å². The molecule has 1 aliphatic heterocycles. The lowest BCUT2D eigenvalue weighted by Crippen LogP contribution is -2.43. The van der Waals surface area contributed by atoms with Gasteiger partial charge in [0.05, 0.1) is 6.04 Å². The van der Waals surface area contributed by atoms with E-state index in [-0.39, 0.29) is 11.9 Å². The summed E-state index contributed by atoms with van der Waals surface area (Å²) < 4.78 is 0. The van der Waals surface area contributed by atoms with E-state index in [4.69, 9.17) is 0 Å². The molecule has 1 aliphatic rings. The lowest BCUT2D eigenvalue weighted by molar-refractivity contribution is -0.128. The van der Waals surface area contributed by atoms with Crippen molar-refractivity contribution in [1.82, 2.24) is 10.2 Å². The number of thiophene rings is 1. The van der Waals surface area contributed by atoms with Gasteiger partial charge in [0.1, 0.15) is 6.10 Å². The van der Waals surface area contributed by atoms with Gasteiger partial charge >= 0.3 is 0 Å². The van der Waals surface area contributed by atoms with Crippen molar-refractivity contribution in [2.45, 2.75) is 38.8 Å². The van der Waals surface area contributed by atoms with Crippen LogP contribution in [0.2, 0.25) is 0 Å². The van der Waals surface area contributed by atoms with Gasteiger partial charge in [0.15, 0.2) is 0 Å². The van der Waals surface area contributed by atoms with Crippen LogP contribution in [0, 0.1) is 5.92 Å². The number of likely N-dealkylation sites (tertiary alicyclic amines) is 1. The molecule has 0 saturated carbocycles. The molecule has 1 saturated heterocycles. The zero-order chi connectivity index (χ0) is 14.5. The third kappa shape index (κ3) is 4.04. The van der Waals surface area contributed by atoms with Crippen LogP contribution in [0.15, 0.2) is 17.5 Å². The third-order valence-electron chi connectivity index (χ3n) is 3.98. The molecule has 112 valence electrons. The van der Waals surface area contributed by atoms with E-state index in [1.807, 2.05) is 0 Å². The number of rotatable bonds is 5. The van der Waals surface area contributed by atoms with Crippen LogP contribution < -0.4 is 5.32 Å². The van der Waals surface area contributed by atoms with E-state index in [0.717, 1.165) is 19.0 Å². The molecule has 2 atom stereocenters. The number of nitrogens with zero attached hydrogens (tertiary/aromatic N) is 1. The predicted octanol–water partition coefficient (Wildman–Crippen LogP) is 2.02. The first kappa shape index (κ1) is 15.5. The first-order chi connectivity index (χ1) is 9.58. The zero-order valence-electron chi connectivity index (χ0n) is 12.2. The molecule has 1 aromatic heterocycles. The van der Waals surface area contributed by atoms with E-state index in [0.29, 0.717) is 6.54 Å². The molecule has 20 heavy (non-hydrogen) atoms. The molecule has 5 heteroatoms. The summed E-state index contributed by atoms with van der Waals surface area (Å²) in [4.78, 5) is 15.3. The van der Waals surface area contributed by atoms with E-state index in [1.165, 1.54) is 24.6 Å². The molecule has 0 aromatic carbocycles. The molecule has 0 spiro atoms. The van der Waals surface area contributed by atoms with Gasteiger partial charge in [0.2, 0.25) is 5.91 Å². The van der Waals surface area contributed by atoms with Gasteiger partial charge in [-0.3, -0.25) is 9.69 Å². The maximum Gasteiger partial charge on any atom is 0.248 e. The van der Waals surface area contributed by atoms with Crippen molar-refractivity contribution in [3.63, 3.8) is 0 Å². The molecular formula is C15H24N2O2S. The monoisotopic (exact) mass is 296 g/mol. The number of aliphatic hydroxyl groups is 1. The van der Waals surface area contributed by atoms with Crippen LogP contribution in [0.4, 0.5) is 0 Å². The van der Waals surface area contributed by atoms with Crippen molar-refractivity contribution in [2.24, 2.45) is 5.92 Å². The number of carbonyl (C=O) groups excluding carboxylic acids is 1. The summed E-state index contributed by atoms with van der Waals surface area (Å²) in [5.41, 5.74) is 0. The Morgan fingerprint density at radius 1 is 1.55 bits per heavy atom. The molecule has 1 aromatic rings. The topological polar surface area (TPSA) is 52.6 Å². The van der Waals surface area contributed by atoms with Crippen molar-refractivity contribution in [3.05, 3.63) is 22.4 Å². The van der Waals surface area contributed by atoms with E-state index in [9.17, 15) is 9.90 Å². The second-order valence-corrected chi connectivity index (χ2v) is 6.65. The van der Waals surface area contributed by atoms with Gasteiger partial charge in [-0.1, -0.05) is 13.0 Å². The highest BCUT2D eigenvalue weighted by Crippen LogP contribution is 2.28. The molecule has 0 bridgehead atoms. The number of amides is 1. The predicted molar refractivity (Wildman–Crippen MR) is 81.7 cm³/mol. The number of aliphatic hydroxyl groups excluding tert-OH is 1. The Labute approximate surface area is 124 Å². The van der Waals surface area contributed by atoms with E-state index in [2.05, 4.69) is 34.7 Å². The standard InChI is InChI=1S/C15H24N2O2S/c1-11-5-7-17(8-6-11)13(14-4-3-9-20-14)10-16-15(19)12(2)18/h3-4,9,11-13,18H,5-8,10H2,1-2H3,(H,16,19). The summed E-state index contributed by atoms with van der Waals surface area (Å²) in [6, 6.07) is 4.41. The molecule has 4 nitrogen and oxygen atoms in total. The van der Waals surface area contributed by atoms with Gasteiger partial charge in [-0.05, 0) is 50.2 Å². The Morgan fingerprint density at radius 2 is 2.25 bits per heavy atom.